The Labute approximate surface area is 189 Å². The van der Waals surface area contributed by atoms with E-state index in [9.17, 15) is 20.1 Å². The van der Waals surface area contributed by atoms with Crippen LogP contribution in [0.1, 0.15) is 116 Å². The fourth-order valence-corrected chi connectivity index (χ4v) is 4.18. The third-order valence-corrected chi connectivity index (χ3v) is 6.26. The maximum atomic E-state index is 12.0. The molecule has 1 saturated heterocycles. The van der Waals surface area contributed by atoms with Crippen LogP contribution in [0.3, 0.4) is 0 Å². The number of aliphatic hydroxyl groups is 3. The van der Waals surface area contributed by atoms with Crippen molar-refractivity contribution < 1.29 is 29.6 Å². The van der Waals surface area contributed by atoms with Gasteiger partial charge in [0, 0.05) is 6.42 Å². The van der Waals surface area contributed by atoms with Gasteiger partial charge in [-0.25, -0.2) is 0 Å². The Balaban J connectivity index is 1.90. The van der Waals surface area contributed by atoms with Crippen molar-refractivity contribution in [3.05, 3.63) is 0 Å². The van der Waals surface area contributed by atoms with Gasteiger partial charge in [-0.15, -0.1) is 0 Å². The average molecular weight is 445 g/mol. The van der Waals surface area contributed by atoms with Crippen molar-refractivity contribution >= 4 is 5.97 Å². The standard InChI is InChI=1S/C25H48O6/c1-2-3-4-5-6-7-8-9-10-11-12-13-14-15-16-17-18-23(28)31-25-22(19-26)30-20-21(27)24(25)29/h21-22,24-27,29H,2-20H2,1H3/t21-,22-,24-,25-/m1/s1. The number of carbonyl (C=O) groups excluding carboxylic acids is 1. The largest absolute Gasteiger partial charge is 0.457 e. The molecular formula is C25H48O6. The molecule has 6 nitrogen and oxygen atoms in total. The van der Waals surface area contributed by atoms with Crippen molar-refractivity contribution in [2.75, 3.05) is 13.2 Å². The fraction of sp³-hybridized carbons (Fsp3) is 0.960. The molecule has 1 heterocycles. The Bertz CT molecular complexity index is 428. The van der Waals surface area contributed by atoms with Crippen LogP contribution in [0.15, 0.2) is 0 Å². The van der Waals surface area contributed by atoms with E-state index in [-0.39, 0.29) is 19.6 Å². The van der Waals surface area contributed by atoms with Gasteiger partial charge in [-0.1, -0.05) is 103 Å². The zero-order chi connectivity index (χ0) is 22.7. The van der Waals surface area contributed by atoms with Crippen molar-refractivity contribution in [2.24, 2.45) is 0 Å². The van der Waals surface area contributed by atoms with E-state index in [0.29, 0.717) is 0 Å². The van der Waals surface area contributed by atoms with Crippen molar-refractivity contribution in [1.29, 1.82) is 0 Å². The number of ether oxygens (including phenoxy) is 2. The monoisotopic (exact) mass is 444 g/mol. The lowest BCUT2D eigenvalue weighted by atomic mass is 10.00. The Morgan fingerprint density at radius 2 is 1.26 bits per heavy atom. The molecule has 0 aromatic rings. The van der Waals surface area contributed by atoms with Crippen LogP contribution in [0, 0.1) is 0 Å². The highest BCUT2D eigenvalue weighted by atomic mass is 16.6. The first-order valence-corrected chi connectivity index (χ1v) is 12.9. The minimum absolute atomic E-state index is 0.0699. The number of hydrogen-bond donors (Lipinski definition) is 3. The molecule has 0 bridgehead atoms. The van der Waals surface area contributed by atoms with Gasteiger partial charge in [0.2, 0.25) is 0 Å². The molecule has 1 aliphatic rings. The van der Waals surface area contributed by atoms with Gasteiger partial charge < -0.3 is 24.8 Å². The first-order valence-electron chi connectivity index (χ1n) is 12.9. The summed E-state index contributed by atoms with van der Waals surface area (Å²) in [6, 6.07) is 0. The smallest absolute Gasteiger partial charge is 0.306 e. The summed E-state index contributed by atoms with van der Waals surface area (Å²) < 4.78 is 10.5. The highest BCUT2D eigenvalue weighted by Gasteiger charge is 2.41. The minimum Gasteiger partial charge on any atom is -0.457 e. The van der Waals surface area contributed by atoms with E-state index in [1.54, 1.807) is 0 Å². The molecule has 0 saturated carbocycles. The van der Waals surface area contributed by atoms with Crippen molar-refractivity contribution in [2.45, 2.75) is 140 Å². The molecule has 0 radical (unpaired) electrons. The summed E-state index contributed by atoms with van der Waals surface area (Å²) in [5, 5.41) is 28.9. The van der Waals surface area contributed by atoms with Gasteiger partial charge in [0.1, 0.15) is 18.3 Å². The molecule has 1 rings (SSSR count). The molecule has 3 N–H and O–H groups in total. The molecule has 1 aliphatic heterocycles. The number of hydrogen-bond acceptors (Lipinski definition) is 6. The molecular weight excluding hydrogens is 396 g/mol. The van der Waals surface area contributed by atoms with Crippen LogP contribution in [-0.4, -0.2) is 58.9 Å². The van der Waals surface area contributed by atoms with Gasteiger partial charge in [-0.2, -0.15) is 0 Å². The lowest BCUT2D eigenvalue weighted by molar-refractivity contribution is -0.213. The second-order valence-corrected chi connectivity index (χ2v) is 9.12. The van der Waals surface area contributed by atoms with Crippen LogP contribution >= 0.6 is 0 Å². The lowest BCUT2D eigenvalue weighted by Crippen LogP contribution is -2.55. The highest BCUT2D eigenvalue weighted by Crippen LogP contribution is 2.20. The second-order valence-electron chi connectivity index (χ2n) is 9.12. The van der Waals surface area contributed by atoms with E-state index < -0.39 is 30.4 Å². The highest BCUT2D eigenvalue weighted by molar-refractivity contribution is 5.69. The number of aliphatic hydroxyl groups excluding tert-OH is 3. The SMILES string of the molecule is CCCCCCCCCCCCCCCCCCC(=O)O[C@H]1[C@H](O)[C@H](O)CO[C@@H]1CO. The lowest BCUT2D eigenvalue weighted by Gasteiger charge is -2.36. The fourth-order valence-electron chi connectivity index (χ4n) is 4.18. The number of esters is 1. The average Bonchev–Trinajstić information content (AvgIpc) is 2.77. The van der Waals surface area contributed by atoms with Gasteiger partial charge in [0.15, 0.2) is 6.10 Å². The summed E-state index contributed by atoms with van der Waals surface area (Å²) >= 11 is 0. The van der Waals surface area contributed by atoms with Crippen LogP contribution in [0.5, 0.6) is 0 Å². The first kappa shape index (κ1) is 28.3. The molecule has 0 aromatic carbocycles. The summed E-state index contributed by atoms with van der Waals surface area (Å²) in [7, 11) is 0. The maximum absolute atomic E-state index is 12.0. The summed E-state index contributed by atoms with van der Waals surface area (Å²) in [5.74, 6) is -0.412. The molecule has 0 aromatic heterocycles. The van der Waals surface area contributed by atoms with Crippen LogP contribution in [0.2, 0.25) is 0 Å². The van der Waals surface area contributed by atoms with Crippen LogP contribution in [0.4, 0.5) is 0 Å². The Morgan fingerprint density at radius 1 is 0.806 bits per heavy atom. The molecule has 1 fully saturated rings. The predicted octanol–water partition coefficient (Wildman–Crippen LogP) is 4.66. The Hall–Kier alpha value is -0.690. The van der Waals surface area contributed by atoms with Crippen LogP contribution < -0.4 is 0 Å². The van der Waals surface area contributed by atoms with Crippen LogP contribution in [0.25, 0.3) is 0 Å². The van der Waals surface area contributed by atoms with E-state index in [2.05, 4.69) is 6.92 Å². The van der Waals surface area contributed by atoms with E-state index in [1.807, 2.05) is 0 Å². The molecule has 6 heteroatoms. The summed E-state index contributed by atoms with van der Waals surface area (Å²) in [4.78, 5) is 12.0. The summed E-state index contributed by atoms with van der Waals surface area (Å²) in [6.45, 7) is 1.83. The Kier molecular flexibility index (Phi) is 17.2. The molecule has 31 heavy (non-hydrogen) atoms. The zero-order valence-corrected chi connectivity index (χ0v) is 19.8. The van der Waals surface area contributed by atoms with E-state index in [0.717, 1.165) is 19.3 Å². The normalized spacial score (nSPS) is 23.7. The third kappa shape index (κ3) is 13.5. The van der Waals surface area contributed by atoms with E-state index in [4.69, 9.17) is 9.47 Å². The van der Waals surface area contributed by atoms with Gasteiger partial charge in [-0.3, -0.25) is 4.79 Å². The predicted molar refractivity (Wildman–Crippen MR) is 123 cm³/mol. The molecule has 4 atom stereocenters. The molecule has 184 valence electrons. The van der Waals surface area contributed by atoms with Crippen molar-refractivity contribution in [3.63, 3.8) is 0 Å². The van der Waals surface area contributed by atoms with Crippen molar-refractivity contribution in [1.82, 2.24) is 0 Å². The number of rotatable bonds is 19. The van der Waals surface area contributed by atoms with Crippen LogP contribution in [-0.2, 0) is 14.3 Å². The molecule has 0 spiro atoms. The summed E-state index contributed by atoms with van der Waals surface area (Å²) in [5.41, 5.74) is 0. The van der Waals surface area contributed by atoms with Gasteiger partial charge >= 0.3 is 5.97 Å². The van der Waals surface area contributed by atoms with Gasteiger partial charge in [0.25, 0.3) is 0 Å². The van der Waals surface area contributed by atoms with E-state index in [1.165, 1.54) is 83.5 Å². The topological polar surface area (TPSA) is 96.2 Å². The second kappa shape index (κ2) is 18.8. The van der Waals surface area contributed by atoms with Crippen molar-refractivity contribution in [3.8, 4) is 0 Å². The molecule has 0 amide bonds. The first-order chi connectivity index (χ1) is 15.1. The zero-order valence-electron chi connectivity index (χ0n) is 19.8. The molecule has 0 aliphatic carbocycles. The van der Waals surface area contributed by atoms with E-state index >= 15 is 0 Å². The third-order valence-electron chi connectivity index (χ3n) is 6.26. The minimum atomic E-state index is -1.22. The Morgan fingerprint density at radius 3 is 1.71 bits per heavy atom. The quantitative estimate of drug-likeness (QED) is 0.198. The summed E-state index contributed by atoms with van der Waals surface area (Å²) in [6.07, 6.45) is 16.6. The van der Waals surface area contributed by atoms with Gasteiger partial charge in [0.05, 0.1) is 13.2 Å². The maximum Gasteiger partial charge on any atom is 0.306 e. The number of unbranched alkanes of at least 4 members (excludes halogenated alkanes) is 15. The number of carbonyl (C=O) groups is 1. The van der Waals surface area contributed by atoms with Gasteiger partial charge in [-0.05, 0) is 6.42 Å². The molecule has 0 unspecified atom stereocenters.